The van der Waals surface area contributed by atoms with Gasteiger partial charge < -0.3 is 24.8 Å². The number of hydrogen-bond acceptors (Lipinski definition) is 7. The summed E-state index contributed by atoms with van der Waals surface area (Å²) in [5.74, 6) is 2.27. The molecule has 3 rings (SSSR count). The Morgan fingerprint density at radius 1 is 0.973 bits per heavy atom. The van der Waals surface area contributed by atoms with E-state index in [1.54, 1.807) is 20.3 Å². The summed E-state index contributed by atoms with van der Waals surface area (Å²) in [6.07, 6.45) is 6.32. The highest BCUT2D eigenvalue weighted by atomic mass is 32.1. The first-order chi connectivity index (χ1) is 18.0. The predicted molar refractivity (Wildman–Crippen MR) is 154 cm³/mol. The Morgan fingerprint density at radius 3 is 2.24 bits per heavy atom. The van der Waals surface area contributed by atoms with Gasteiger partial charge in [0.25, 0.3) is 0 Å². The first kappa shape index (κ1) is 28.4. The lowest BCUT2D eigenvalue weighted by Crippen LogP contribution is -2.44. The van der Waals surface area contributed by atoms with Crippen molar-refractivity contribution in [3.63, 3.8) is 0 Å². The van der Waals surface area contributed by atoms with Crippen LogP contribution in [0.1, 0.15) is 46.5 Å². The van der Waals surface area contributed by atoms with Gasteiger partial charge in [-0.3, -0.25) is 4.90 Å². The molecule has 0 radical (unpaired) electrons. The van der Waals surface area contributed by atoms with Crippen molar-refractivity contribution in [3.8, 4) is 23.1 Å². The maximum absolute atomic E-state index is 6.07. The third-order valence-corrected chi connectivity index (χ3v) is 6.46. The molecule has 8 nitrogen and oxygen atoms in total. The second-order valence-corrected chi connectivity index (χ2v) is 9.36. The zero-order valence-electron chi connectivity index (χ0n) is 22.5. The van der Waals surface area contributed by atoms with Crippen LogP contribution < -0.4 is 24.8 Å². The lowest BCUT2D eigenvalue weighted by atomic mass is 10.2. The first-order valence-electron chi connectivity index (χ1n) is 12.9. The molecule has 2 aromatic carbocycles. The number of nitrogens with zero attached hydrogens (tertiary/aromatic N) is 3. The molecule has 1 heterocycles. The van der Waals surface area contributed by atoms with Gasteiger partial charge in [0.2, 0.25) is 5.88 Å². The molecule has 9 heteroatoms. The lowest BCUT2D eigenvalue weighted by Gasteiger charge is -2.29. The Labute approximate surface area is 225 Å². The fourth-order valence-electron chi connectivity index (χ4n) is 3.98. The molecule has 0 spiro atoms. The Morgan fingerprint density at radius 2 is 1.62 bits per heavy atom. The van der Waals surface area contributed by atoms with Crippen LogP contribution in [0.25, 0.3) is 10.9 Å². The summed E-state index contributed by atoms with van der Waals surface area (Å²) in [5, 5.41) is 7.96. The molecule has 1 aromatic heterocycles. The van der Waals surface area contributed by atoms with Crippen LogP contribution in [0.2, 0.25) is 0 Å². The van der Waals surface area contributed by atoms with E-state index in [0.29, 0.717) is 39.8 Å². The van der Waals surface area contributed by atoms with Crippen LogP contribution in [0.15, 0.2) is 42.7 Å². The molecular weight excluding hydrogens is 486 g/mol. The predicted octanol–water partition coefficient (Wildman–Crippen LogP) is 6.02. The molecule has 0 bridgehead atoms. The zero-order valence-corrected chi connectivity index (χ0v) is 23.4. The van der Waals surface area contributed by atoms with E-state index >= 15 is 0 Å². The monoisotopic (exact) mass is 525 g/mol. The minimum absolute atomic E-state index is 0.412. The number of methoxy groups -OCH3 is 2. The van der Waals surface area contributed by atoms with Crippen LogP contribution >= 0.6 is 12.2 Å². The van der Waals surface area contributed by atoms with Gasteiger partial charge in [-0.05, 0) is 75.4 Å². The summed E-state index contributed by atoms with van der Waals surface area (Å²) >= 11 is 5.54. The maximum atomic E-state index is 6.07. The number of thiocarbonyl (C=S) groups is 1. The highest BCUT2D eigenvalue weighted by Gasteiger charge is 2.14. The van der Waals surface area contributed by atoms with Crippen molar-refractivity contribution in [3.05, 3.63) is 42.7 Å². The van der Waals surface area contributed by atoms with Gasteiger partial charge in [-0.2, -0.15) is 0 Å². The fourth-order valence-corrected chi connectivity index (χ4v) is 4.18. The van der Waals surface area contributed by atoms with E-state index in [2.05, 4.69) is 46.3 Å². The number of unbranched alkanes of at least 4 members (excludes halogenated alkanes) is 2. The van der Waals surface area contributed by atoms with E-state index in [-0.39, 0.29) is 0 Å². The first-order valence-corrected chi connectivity index (χ1v) is 13.3. The number of benzene rings is 2. The van der Waals surface area contributed by atoms with Crippen LogP contribution in [-0.2, 0) is 0 Å². The Bertz CT molecular complexity index is 1130. The Balaban J connectivity index is 1.58. The van der Waals surface area contributed by atoms with Crippen LogP contribution in [-0.4, -0.2) is 59.9 Å². The average molecular weight is 526 g/mol. The van der Waals surface area contributed by atoms with Gasteiger partial charge in [0.15, 0.2) is 16.6 Å². The van der Waals surface area contributed by atoms with Crippen LogP contribution in [0.4, 0.5) is 5.69 Å². The molecule has 37 heavy (non-hydrogen) atoms. The summed E-state index contributed by atoms with van der Waals surface area (Å²) < 4.78 is 16.9. The summed E-state index contributed by atoms with van der Waals surface area (Å²) in [7, 11) is 3.18. The number of fused-ring (bicyclic) bond motifs is 1. The summed E-state index contributed by atoms with van der Waals surface area (Å²) in [6, 6.07) is 11.6. The molecule has 0 fully saturated rings. The number of anilines is 1. The minimum Gasteiger partial charge on any atom is -0.493 e. The summed E-state index contributed by atoms with van der Waals surface area (Å²) in [4.78, 5) is 11.2. The zero-order chi connectivity index (χ0) is 26.6. The number of hydrogen-bond donors (Lipinski definition) is 2. The topological polar surface area (TPSA) is 80.8 Å². The van der Waals surface area contributed by atoms with Crippen molar-refractivity contribution >= 4 is 33.9 Å². The van der Waals surface area contributed by atoms with Crippen molar-refractivity contribution in [1.82, 2.24) is 20.2 Å². The second-order valence-electron chi connectivity index (χ2n) is 8.96. The standard InChI is InChI=1S/C28H39N5O3S/c1-6-8-14-33(15-9-7-2)20(3)18-29-28(37)32-21-10-12-22(13-11-21)36-27-23-16-25(34-4)26(35-5)17-24(23)30-19-31-27/h10-13,16-17,19-20H,6-9,14-15,18H2,1-5H3,(H2,29,32,37). The van der Waals surface area contributed by atoms with Crippen LogP contribution in [0.5, 0.6) is 23.1 Å². The Hall–Kier alpha value is -3.17. The van der Waals surface area contributed by atoms with E-state index < -0.39 is 0 Å². The van der Waals surface area contributed by atoms with Gasteiger partial charge >= 0.3 is 0 Å². The third-order valence-electron chi connectivity index (χ3n) is 6.21. The maximum Gasteiger partial charge on any atom is 0.230 e. The largest absolute Gasteiger partial charge is 0.493 e. The number of rotatable bonds is 14. The summed E-state index contributed by atoms with van der Waals surface area (Å²) in [6.45, 7) is 9.79. The Kier molecular flexibility index (Phi) is 11.2. The highest BCUT2D eigenvalue weighted by Crippen LogP contribution is 2.35. The summed E-state index contributed by atoms with van der Waals surface area (Å²) in [5.41, 5.74) is 1.58. The van der Waals surface area contributed by atoms with E-state index in [1.807, 2.05) is 30.3 Å². The average Bonchev–Trinajstić information content (AvgIpc) is 2.92. The molecule has 0 aliphatic heterocycles. The molecule has 0 saturated carbocycles. The minimum atomic E-state index is 0.412. The molecule has 3 aromatic rings. The molecule has 1 atom stereocenters. The van der Waals surface area contributed by atoms with Gasteiger partial charge in [-0.15, -0.1) is 0 Å². The number of nitrogens with one attached hydrogen (secondary N) is 2. The third kappa shape index (κ3) is 8.16. The highest BCUT2D eigenvalue weighted by molar-refractivity contribution is 7.80. The normalized spacial score (nSPS) is 11.8. The smallest absolute Gasteiger partial charge is 0.230 e. The van der Waals surface area contributed by atoms with Crippen molar-refractivity contribution in [2.75, 3.05) is 39.2 Å². The van der Waals surface area contributed by atoms with E-state index in [1.165, 1.54) is 32.0 Å². The molecule has 200 valence electrons. The number of aromatic nitrogens is 2. The number of ether oxygens (including phenoxy) is 3. The molecular formula is C28H39N5O3S. The fraction of sp³-hybridized carbons (Fsp3) is 0.464. The van der Waals surface area contributed by atoms with Gasteiger partial charge in [0.1, 0.15) is 12.1 Å². The lowest BCUT2D eigenvalue weighted by molar-refractivity contribution is 0.203. The molecule has 0 saturated heterocycles. The molecule has 2 N–H and O–H groups in total. The van der Waals surface area contributed by atoms with Crippen molar-refractivity contribution in [2.24, 2.45) is 0 Å². The van der Waals surface area contributed by atoms with Crippen molar-refractivity contribution in [2.45, 2.75) is 52.5 Å². The van der Waals surface area contributed by atoms with E-state index in [4.69, 9.17) is 26.4 Å². The van der Waals surface area contributed by atoms with Crippen molar-refractivity contribution in [1.29, 1.82) is 0 Å². The van der Waals surface area contributed by atoms with E-state index in [9.17, 15) is 0 Å². The van der Waals surface area contributed by atoms with Gasteiger partial charge in [0, 0.05) is 24.3 Å². The van der Waals surface area contributed by atoms with Gasteiger partial charge in [-0.25, -0.2) is 9.97 Å². The van der Waals surface area contributed by atoms with Gasteiger partial charge in [-0.1, -0.05) is 26.7 Å². The quantitative estimate of drug-likeness (QED) is 0.246. The van der Waals surface area contributed by atoms with Crippen LogP contribution in [0, 0.1) is 0 Å². The van der Waals surface area contributed by atoms with Gasteiger partial charge in [0.05, 0.1) is 25.1 Å². The molecule has 0 amide bonds. The second kappa shape index (κ2) is 14.5. The molecule has 0 aliphatic rings. The molecule has 0 aliphatic carbocycles. The van der Waals surface area contributed by atoms with E-state index in [0.717, 1.165) is 30.7 Å². The molecule has 1 unspecified atom stereocenters. The van der Waals surface area contributed by atoms with Crippen LogP contribution in [0.3, 0.4) is 0 Å². The van der Waals surface area contributed by atoms with Crippen molar-refractivity contribution < 1.29 is 14.2 Å². The SMILES string of the molecule is CCCCN(CCCC)C(C)CNC(=S)Nc1ccc(Oc2ncnc3cc(OC)c(OC)cc23)cc1.